The summed E-state index contributed by atoms with van der Waals surface area (Å²) >= 11 is 0. The summed E-state index contributed by atoms with van der Waals surface area (Å²) in [4.78, 5) is 15.9. The average Bonchev–Trinajstić information content (AvgIpc) is 2.79. The minimum absolute atomic E-state index is 0.186. The maximum Gasteiger partial charge on any atom is 0.410 e. The molecule has 0 unspecified atom stereocenters. The topological polar surface area (TPSA) is 51.2 Å². The minimum Gasteiger partial charge on any atom is -0.496 e. The van der Waals surface area contributed by atoms with Crippen LogP contribution in [0.25, 0.3) is 0 Å². The van der Waals surface area contributed by atoms with E-state index in [2.05, 4.69) is 17.0 Å². The lowest BCUT2D eigenvalue weighted by atomic mass is 9.95. The summed E-state index contributed by atoms with van der Waals surface area (Å²) in [6, 6.07) is 6.33. The first-order valence-corrected chi connectivity index (χ1v) is 9.45. The van der Waals surface area contributed by atoms with Crippen molar-refractivity contribution < 1.29 is 19.0 Å². The summed E-state index contributed by atoms with van der Waals surface area (Å²) in [5, 5.41) is 0. The van der Waals surface area contributed by atoms with Crippen LogP contribution in [0, 0.1) is 0 Å². The number of nitrogens with zero attached hydrogens (tertiary/aromatic N) is 2. The first kappa shape index (κ1) is 19.0. The van der Waals surface area contributed by atoms with Crippen LogP contribution in [0.3, 0.4) is 0 Å². The summed E-state index contributed by atoms with van der Waals surface area (Å²) in [7, 11) is 3.51. The SMILES string of the molecule is CCOCc1cc(CN2CCC[C@]3(CC2)CN(C)C(=O)O3)ccc1OC. The minimum atomic E-state index is -0.291. The van der Waals surface area contributed by atoms with E-state index in [0.29, 0.717) is 19.8 Å². The second-order valence-corrected chi connectivity index (χ2v) is 7.32. The summed E-state index contributed by atoms with van der Waals surface area (Å²) < 4.78 is 16.7. The Morgan fingerprint density at radius 1 is 1.27 bits per heavy atom. The van der Waals surface area contributed by atoms with Gasteiger partial charge in [-0.2, -0.15) is 0 Å². The quantitative estimate of drug-likeness (QED) is 0.779. The number of likely N-dealkylation sites (N-methyl/N-ethyl adjacent to an activating group) is 1. The molecule has 6 heteroatoms. The van der Waals surface area contributed by atoms with Crippen LogP contribution >= 0.6 is 0 Å². The number of hydrogen-bond acceptors (Lipinski definition) is 5. The highest BCUT2D eigenvalue weighted by molar-refractivity contribution is 5.70. The van der Waals surface area contributed by atoms with Crippen molar-refractivity contribution >= 4 is 6.09 Å². The zero-order valence-corrected chi connectivity index (χ0v) is 16.1. The molecule has 26 heavy (non-hydrogen) atoms. The van der Waals surface area contributed by atoms with Crippen molar-refractivity contribution in [2.75, 3.05) is 40.4 Å². The van der Waals surface area contributed by atoms with Crippen LogP contribution in [-0.4, -0.2) is 61.9 Å². The first-order chi connectivity index (χ1) is 12.5. The van der Waals surface area contributed by atoms with E-state index in [1.165, 1.54) is 5.56 Å². The summed E-state index contributed by atoms with van der Waals surface area (Å²) in [6.07, 6.45) is 2.69. The Labute approximate surface area is 156 Å². The largest absolute Gasteiger partial charge is 0.496 e. The molecular weight excluding hydrogens is 332 g/mol. The molecule has 2 aliphatic heterocycles. The van der Waals surface area contributed by atoms with E-state index in [1.54, 1.807) is 12.0 Å². The average molecular weight is 362 g/mol. The predicted octanol–water partition coefficient (Wildman–Crippen LogP) is 3.04. The third kappa shape index (κ3) is 4.30. The summed E-state index contributed by atoms with van der Waals surface area (Å²) in [6.45, 7) is 6.82. The fraction of sp³-hybridized carbons (Fsp3) is 0.650. The summed E-state index contributed by atoms with van der Waals surface area (Å²) in [5.41, 5.74) is 2.06. The molecule has 2 heterocycles. The van der Waals surface area contributed by atoms with E-state index in [1.807, 2.05) is 20.0 Å². The van der Waals surface area contributed by atoms with Gasteiger partial charge in [-0.1, -0.05) is 6.07 Å². The molecule has 3 rings (SSSR count). The number of carbonyl (C=O) groups excluding carboxylic acids is 1. The molecule has 0 saturated carbocycles. The number of likely N-dealkylation sites (tertiary alicyclic amines) is 1. The maximum atomic E-state index is 11.8. The van der Waals surface area contributed by atoms with Gasteiger partial charge in [0, 0.05) is 38.7 Å². The van der Waals surface area contributed by atoms with Crippen LogP contribution in [0.15, 0.2) is 18.2 Å². The number of carbonyl (C=O) groups is 1. The smallest absolute Gasteiger partial charge is 0.410 e. The molecular formula is C20H30N2O4. The molecule has 144 valence electrons. The third-order valence-corrected chi connectivity index (χ3v) is 5.34. The zero-order chi connectivity index (χ0) is 18.6. The first-order valence-electron chi connectivity index (χ1n) is 9.45. The van der Waals surface area contributed by atoms with Gasteiger partial charge >= 0.3 is 6.09 Å². The number of amides is 1. The van der Waals surface area contributed by atoms with Gasteiger partial charge in [-0.05, 0) is 44.0 Å². The van der Waals surface area contributed by atoms with Crippen LogP contribution in [-0.2, 0) is 22.6 Å². The Bertz CT molecular complexity index is 636. The van der Waals surface area contributed by atoms with Crippen LogP contribution in [0.2, 0.25) is 0 Å². The fourth-order valence-corrected chi connectivity index (χ4v) is 3.95. The molecule has 2 aliphatic rings. The van der Waals surface area contributed by atoms with Crippen molar-refractivity contribution in [3.63, 3.8) is 0 Å². The number of hydrogen-bond donors (Lipinski definition) is 0. The molecule has 1 aromatic rings. The van der Waals surface area contributed by atoms with Gasteiger partial charge in [-0.25, -0.2) is 4.79 Å². The molecule has 0 bridgehead atoms. The highest BCUT2D eigenvalue weighted by Gasteiger charge is 2.44. The van der Waals surface area contributed by atoms with Crippen LogP contribution < -0.4 is 4.74 Å². The molecule has 1 atom stereocenters. The fourth-order valence-electron chi connectivity index (χ4n) is 3.95. The second kappa shape index (κ2) is 8.27. The zero-order valence-electron chi connectivity index (χ0n) is 16.1. The standard InChI is InChI=1S/C20H30N2O4/c1-4-25-14-17-12-16(6-7-18(17)24-3)13-22-10-5-8-20(9-11-22)15-21(2)19(23)26-20/h6-7,12H,4-5,8-11,13-15H2,1-3H3/t20-/m0/s1. The molecule has 2 saturated heterocycles. The Morgan fingerprint density at radius 3 is 2.81 bits per heavy atom. The van der Waals surface area contributed by atoms with E-state index in [9.17, 15) is 4.79 Å². The van der Waals surface area contributed by atoms with Crippen molar-refractivity contribution in [3.8, 4) is 5.75 Å². The van der Waals surface area contributed by atoms with Gasteiger partial charge < -0.3 is 19.1 Å². The van der Waals surface area contributed by atoms with E-state index in [4.69, 9.17) is 14.2 Å². The molecule has 0 N–H and O–H groups in total. The molecule has 0 aliphatic carbocycles. The Kier molecular flexibility index (Phi) is 6.04. The van der Waals surface area contributed by atoms with Crippen molar-refractivity contribution in [2.45, 2.75) is 44.9 Å². The van der Waals surface area contributed by atoms with E-state index >= 15 is 0 Å². The Morgan fingerprint density at radius 2 is 2.12 bits per heavy atom. The molecule has 6 nitrogen and oxygen atoms in total. The van der Waals surface area contributed by atoms with Gasteiger partial charge in [0.1, 0.15) is 11.4 Å². The Balaban J connectivity index is 1.63. The molecule has 1 aromatic carbocycles. The lowest BCUT2D eigenvalue weighted by Crippen LogP contribution is -2.35. The molecule has 2 fully saturated rings. The molecule has 0 aromatic heterocycles. The van der Waals surface area contributed by atoms with Crippen molar-refractivity contribution in [1.82, 2.24) is 9.80 Å². The highest BCUT2D eigenvalue weighted by Crippen LogP contribution is 2.33. The summed E-state index contributed by atoms with van der Waals surface area (Å²) in [5.74, 6) is 0.873. The lowest BCUT2D eigenvalue weighted by Gasteiger charge is -2.25. The Hall–Kier alpha value is -1.79. The maximum absolute atomic E-state index is 11.8. The number of ether oxygens (including phenoxy) is 3. The third-order valence-electron chi connectivity index (χ3n) is 5.34. The van der Waals surface area contributed by atoms with Gasteiger partial charge in [-0.3, -0.25) is 4.90 Å². The van der Waals surface area contributed by atoms with Crippen molar-refractivity contribution in [2.24, 2.45) is 0 Å². The van der Waals surface area contributed by atoms with E-state index in [0.717, 1.165) is 50.2 Å². The molecule has 1 amide bonds. The lowest BCUT2D eigenvalue weighted by molar-refractivity contribution is 0.0443. The van der Waals surface area contributed by atoms with Crippen LogP contribution in [0.5, 0.6) is 5.75 Å². The number of rotatable bonds is 6. The normalized spacial score (nSPS) is 24.0. The molecule has 0 radical (unpaired) electrons. The van der Waals surface area contributed by atoms with Gasteiger partial charge in [0.2, 0.25) is 0 Å². The van der Waals surface area contributed by atoms with Gasteiger partial charge in [0.15, 0.2) is 0 Å². The van der Waals surface area contributed by atoms with Crippen molar-refractivity contribution in [3.05, 3.63) is 29.3 Å². The number of benzene rings is 1. The molecule has 1 spiro atoms. The van der Waals surface area contributed by atoms with Crippen LogP contribution in [0.4, 0.5) is 4.79 Å². The van der Waals surface area contributed by atoms with E-state index in [-0.39, 0.29) is 11.7 Å². The second-order valence-electron chi connectivity index (χ2n) is 7.32. The van der Waals surface area contributed by atoms with Crippen molar-refractivity contribution in [1.29, 1.82) is 0 Å². The monoisotopic (exact) mass is 362 g/mol. The number of methoxy groups -OCH3 is 1. The van der Waals surface area contributed by atoms with Gasteiger partial charge in [0.05, 0.1) is 20.3 Å². The van der Waals surface area contributed by atoms with Gasteiger partial charge in [0.25, 0.3) is 0 Å². The van der Waals surface area contributed by atoms with E-state index < -0.39 is 0 Å². The van der Waals surface area contributed by atoms with Gasteiger partial charge in [-0.15, -0.1) is 0 Å². The van der Waals surface area contributed by atoms with Crippen LogP contribution in [0.1, 0.15) is 37.3 Å². The highest BCUT2D eigenvalue weighted by atomic mass is 16.6. The predicted molar refractivity (Wildman–Crippen MR) is 99.3 cm³/mol.